The number of ether oxygens (including phenoxy) is 2. The van der Waals surface area contributed by atoms with E-state index in [1.165, 1.54) is 0 Å². The smallest absolute Gasteiger partial charge is 0.344 e. The van der Waals surface area contributed by atoms with Crippen molar-refractivity contribution in [2.75, 3.05) is 39.3 Å². The summed E-state index contributed by atoms with van der Waals surface area (Å²) >= 11 is 0. The zero-order chi connectivity index (χ0) is 32.8. The van der Waals surface area contributed by atoms with Crippen LogP contribution in [0, 0.1) is 31.6 Å². The lowest BCUT2D eigenvalue weighted by atomic mass is 10.0. The van der Waals surface area contributed by atoms with E-state index in [4.69, 9.17) is 9.47 Å². The predicted molar refractivity (Wildman–Crippen MR) is 176 cm³/mol. The molecule has 47 heavy (non-hydrogen) atoms. The number of carbonyl (C=O) groups excluding carboxylic acids is 3. The number of benzene rings is 2. The van der Waals surface area contributed by atoms with E-state index in [-0.39, 0.29) is 43.0 Å². The lowest BCUT2D eigenvalue weighted by Crippen LogP contribution is -2.37. The van der Waals surface area contributed by atoms with Crippen LogP contribution in [-0.2, 0) is 20.9 Å². The largest absolute Gasteiger partial charge is 0.458 e. The van der Waals surface area contributed by atoms with E-state index in [0.29, 0.717) is 41.9 Å². The Bertz CT molecular complexity index is 1510. The minimum Gasteiger partial charge on any atom is -0.458 e. The van der Waals surface area contributed by atoms with Gasteiger partial charge in [0.2, 0.25) is 5.91 Å². The second kappa shape index (κ2) is 15.1. The second-order valence-electron chi connectivity index (χ2n) is 13.2. The number of amides is 2. The van der Waals surface area contributed by atoms with E-state index in [0.717, 1.165) is 62.9 Å². The lowest BCUT2D eigenvalue weighted by Gasteiger charge is -2.26. The maximum Gasteiger partial charge on any atom is 0.344 e. The molecule has 1 N–H and O–H groups in total. The first-order valence-corrected chi connectivity index (χ1v) is 16.9. The Morgan fingerprint density at radius 3 is 2.13 bits per heavy atom. The molecule has 0 radical (unpaired) electrons. The molecule has 2 saturated heterocycles. The van der Waals surface area contributed by atoms with Crippen LogP contribution in [0.4, 0.5) is 0 Å². The molecule has 6 rings (SSSR count). The summed E-state index contributed by atoms with van der Waals surface area (Å²) in [6.07, 6.45) is 5.13. The highest BCUT2D eigenvalue weighted by molar-refractivity contribution is 5.96. The third kappa shape index (κ3) is 8.16. The van der Waals surface area contributed by atoms with Crippen LogP contribution in [-0.4, -0.2) is 76.9 Å². The molecule has 1 aromatic heterocycles. The summed E-state index contributed by atoms with van der Waals surface area (Å²) in [7, 11) is 0. The summed E-state index contributed by atoms with van der Waals surface area (Å²) in [6, 6.07) is 19.8. The number of carbonyl (C=O) groups is 3. The average molecular weight is 640 g/mol. The number of hydrogen-bond donors (Lipinski definition) is 1. The van der Waals surface area contributed by atoms with Gasteiger partial charge in [-0.25, -0.2) is 4.79 Å². The number of esters is 1. The van der Waals surface area contributed by atoms with Crippen molar-refractivity contribution in [1.29, 1.82) is 0 Å². The minimum atomic E-state index is -0.519. The molecular formula is C37H45N5O5. The van der Waals surface area contributed by atoms with Gasteiger partial charge in [0, 0.05) is 38.6 Å². The van der Waals surface area contributed by atoms with Crippen molar-refractivity contribution in [3.63, 3.8) is 0 Å². The molecule has 1 saturated carbocycles. The van der Waals surface area contributed by atoms with E-state index in [1.54, 1.807) is 13.8 Å². The van der Waals surface area contributed by atoms with Crippen molar-refractivity contribution in [3.8, 4) is 6.01 Å². The molecule has 0 bridgehead atoms. The van der Waals surface area contributed by atoms with Gasteiger partial charge < -0.3 is 24.6 Å². The van der Waals surface area contributed by atoms with Crippen LogP contribution in [0.3, 0.4) is 0 Å². The summed E-state index contributed by atoms with van der Waals surface area (Å²) < 4.78 is 10.8. The van der Waals surface area contributed by atoms with Gasteiger partial charge in [-0.3, -0.25) is 9.59 Å². The molecule has 2 amide bonds. The van der Waals surface area contributed by atoms with Gasteiger partial charge in [0.25, 0.3) is 5.91 Å². The first kappa shape index (κ1) is 32.6. The molecule has 2 aliphatic heterocycles. The molecule has 0 spiro atoms. The highest BCUT2D eigenvalue weighted by Gasteiger charge is 2.42. The maximum absolute atomic E-state index is 13.7. The fraction of sp³-hybridized carbons (Fsp3) is 0.486. The van der Waals surface area contributed by atoms with Crippen molar-refractivity contribution in [1.82, 2.24) is 25.1 Å². The molecule has 248 valence electrons. The molecular weight excluding hydrogens is 594 g/mol. The van der Waals surface area contributed by atoms with Gasteiger partial charge in [-0.1, -0.05) is 73.5 Å². The van der Waals surface area contributed by atoms with E-state index >= 15 is 0 Å². The Labute approximate surface area is 276 Å². The van der Waals surface area contributed by atoms with Crippen LogP contribution in [0.5, 0.6) is 6.01 Å². The summed E-state index contributed by atoms with van der Waals surface area (Å²) in [6.45, 7) is 7.57. The van der Waals surface area contributed by atoms with E-state index in [9.17, 15) is 14.4 Å². The van der Waals surface area contributed by atoms with Gasteiger partial charge in [-0.2, -0.15) is 9.97 Å². The number of aromatic nitrogens is 2. The van der Waals surface area contributed by atoms with Crippen LogP contribution in [0.15, 0.2) is 60.7 Å². The van der Waals surface area contributed by atoms with Crippen LogP contribution in [0.1, 0.15) is 71.0 Å². The zero-order valence-electron chi connectivity index (χ0n) is 27.4. The number of rotatable bonds is 12. The van der Waals surface area contributed by atoms with Crippen LogP contribution in [0.25, 0.3) is 0 Å². The SMILES string of the molecule is Cc1nc(OCC(=O)OCc2ccccc2)nc(C)c1C(=O)N1CC2CN(CCC(NC(=O)C3CCCC3)c3ccccc3)CC2C1. The van der Waals surface area contributed by atoms with Crippen molar-refractivity contribution in [2.45, 2.75) is 58.6 Å². The molecule has 1 aliphatic carbocycles. The number of nitrogens with one attached hydrogen (secondary N) is 1. The Balaban J connectivity index is 0.987. The molecule has 3 aliphatic rings. The minimum absolute atomic E-state index is 0.000606. The van der Waals surface area contributed by atoms with Gasteiger partial charge >= 0.3 is 12.0 Å². The Kier molecular flexibility index (Phi) is 10.5. The monoisotopic (exact) mass is 639 g/mol. The summed E-state index contributed by atoms with van der Waals surface area (Å²) in [5.41, 5.74) is 3.59. The molecule has 2 aromatic carbocycles. The molecule has 3 unspecified atom stereocenters. The van der Waals surface area contributed by atoms with E-state index in [1.807, 2.05) is 53.4 Å². The number of fused-ring (bicyclic) bond motifs is 1. The second-order valence-corrected chi connectivity index (χ2v) is 13.2. The summed E-state index contributed by atoms with van der Waals surface area (Å²) in [5, 5.41) is 3.37. The van der Waals surface area contributed by atoms with Crippen LogP contribution < -0.4 is 10.1 Å². The summed E-state index contributed by atoms with van der Waals surface area (Å²) in [5.74, 6) is 0.579. The van der Waals surface area contributed by atoms with Crippen molar-refractivity contribution in [2.24, 2.45) is 17.8 Å². The fourth-order valence-electron chi connectivity index (χ4n) is 7.36. The number of hydrogen-bond acceptors (Lipinski definition) is 8. The van der Waals surface area contributed by atoms with Crippen LogP contribution >= 0.6 is 0 Å². The first-order valence-electron chi connectivity index (χ1n) is 16.9. The Morgan fingerprint density at radius 1 is 0.872 bits per heavy atom. The van der Waals surface area contributed by atoms with Gasteiger partial charge in [0.05, 0.1) is 23.0 Å². The standard InChI is InChI=1S/C37H45N5O5/c1-25-34(26(2)39-37(38-25)47-24-33(43)46-23-27-11-5-3-6-12-27)36(45)42-21-30-19-41(20-31(30)22-42)18-17-32(28-13-7-4-8-14-28)40-35(44)29-15-9-10-16-29/h3-8,11-14,29-32H,9-10,15-24H2,1-2H3,(H,40,44). The quantitative estimate of drug-likeness (QED) is 0.285. The van der Waals surface area contributed by atoms with Crippen molar-refractivity contribution < 1.29 is 23.9 Å². The first-order chi connectivity index (χ1) is 22.8. The van der Waals surface area contributed by atoms with E-state index < -0.39 is 5.97 Å². The van der Waals surface area contributed by atoms with Gasteiger partial charge in [0.1, 0.15) is 6.61 Å². The number of aryl methyl sites for hydroxylation is 2. The molecule has 3 fully saturated rings. The zero-order valence-corrected chi connectivity index (χ0v) is 27.4. The predicted octanol–water partition coefficient (Wildman–Crippen LogP) is 4.66. The Hall–Kier alpha value is -4.31. The van der Waals surface area contributed by atoms with Gasteiger partial charge in [-0.05, 0) is 56.1 Å². The molecule has 3 heterocycles. The fourth-order valence-corrected chi connectivity index (χ4v) is 7.36. The molecule has 10 heteroatoms. The molecule has 3 aromatic rings. The van der Waals surface area contributed by atoms with Crippen molar-refractivity contribution in [3.05, 3.63) is 88.7 Å². The number of nitrogens with zero attached hydrogens (tertiary/aromatic N) is 4. The maximum atomic E-state index is 13.7. The highest BCUT2D eigenvalue weighted by Crippen LogP contribution is 2.33. The van der Waals surface area contributed by atoms with Crippen LogP contribution in [0.2, 0.25) is 0 Å². The summed E-state index contributed by atoms with van der Waals surface area (Å²) in [4.78, 5) is 52.0. The highest BCUT2D eigenvalue weighted by atomic mass is 16.6. The van der Waals surface area contributed by atoms with Gasteiger partial charge in [-0.15, -0.1) is 0 Å². The normalized spacial score (nSPS) is 20.2. The van der Waals surface area contributed by atoms with Crippen molar-refractivity contribution >= 4 is 17.8 Å². The third-order valence-corrected chi connectivity index (χ3v) is 9.85. The third-order valence-electron chi connectivity index (χ3n) is 9.85. The van der Waals surface area contributed by atoms with E-state index in [2.05, 4.69) is 32.3 Å². The van der Waals surface area contributed by atoms with Gasteiger partial charge in [0.15, 0.2) is 6.61 Å². The average Bonchev–Trinajstić information content (AvgIpc) is 3.83. The Morgan fingerprint density at radius 2 is 1.49 bits per heavy atom. The molecule has 10 nitrogen and oxygen atoms in total. The number of likely N-dealkylation sites (tertiary alicyclic amines) is 2. The molecule has 3 atom stereocenters. The lowest BCUT2D eigenvalue weighted by molar-refractivity contribution is -0.147. The topological polar surface area (TPSA) is 114 Å².